The highest BCUT2D eigenvalue weighted by Crippen LogP contribution is 2.24. The van der Waals surface area contributed by atoms with Crippen LogP contribution in [0, 0.1) is 0 Å². The van der Waals surface area contributed by atoms with Crippen LogP contribution in [0.3, 0.4) is 0 Å². The van der Waals surface area contributed by atoms with E-state index in [1.807, 2.05) is 54.6 Å². The standard InChI is InChI=1S/C16H14N2OS/c19-15(12-6-2-1-3-7-12)11-20-16-10-17-13-8-4-5-9-14(13)18-16/h1-10,15,19H,11H2/t15-/m0/s1. The molecule has 0 fully saturated rings. The van der Waals surface area contributed by atoms with Crippen molar-refractivity contribution < 1.29 is 5.11 Å². The van der Waals surface area contributed by atoms with Crippen LogP contribution in [-0.4, -0.2) is 20.8 Å². The Hall–Kier alpha value is -1.91. The minimum atomic E-state index is -0.491. The van der Waals surface area contributed by atoms with E-state index >= 15 is 0 Å². The lowest BCUT2D eigenvalue weighted by Gasteiger charge is -2.10. The zero-order valence-electron chi connectivity index (χ0n) is 10.8. The molecule has 0 amide bonds. The molecular weight excluding hydrogens is 268 g/mol. The molecule has 0 saturated heterocycles. The molecule has 3 aromatic rings. The van der Waals surface area contributed by atoms with Gasteiger partial charge in [-0.3, -0.25) is 4.98 Å². The molecule has 1 N–H and O–H groups in total. The number of thioether (sulfide) groups is 1. The Labute approximate surface area is 121 Å². The Morgan fingerprint density at radius 1 is 0.950 bits per heavy atom. The molecule has 0 aliphatic heterocycles. The van der Waals surface area contributed by atoms with Gasteiger partial charge in [-0.2, -0.15) is 0 Å². The molecule has 2 aromatic carbocycles. The second-order valence-corrected chi connectivity index (χ2v) is 5.47. The van der Waals surface area contributed by atoms with Crippen LogP contribution in [0.5, 0.6) is 0 Å². The second-order valence-electron chi connectivity index (χ2n) is 4.43. The largest absolute Gasteiger partial charge is 0.388 e. The predicted molar refractivity (Wildman–Crippen MR) is 81.7 cm³/mol. The van der Waals surface area contributed by atoms with Crippen molar-refractivity contribution in [3.05, 3.63) is 66.4 Å². The van der Waals surface area contributed by atoms with Crippen molar-refractivity contribution in [1.82, 2.24) is 9.97 Å². The summed E-state index contributed by atoms with van der Waals surface area (Å²) < 4.78 is 0. The molecule has 0 aliphatic rings. The molecule has 3 nitrogen and oxygen atoms in total. The number of aliphatic hydroxyl groups excluding tert-OH is 1. The summed E-state index contributed by atoms with van der Waals surface area (Å²) in [7, 11) is 0. The van der Waals surface area contributed by atoms with Gasteiger partial charge >= 0.3 is 0 Å². The monoisotopic (exact) mass is 282 g/mol. The number of hydrogen-bond acceptors (Lipinski definition) is 4. The quantitative estimate of drug-likeness (QED) is 0.744. The van der Waals surface area contributed by atoms with E-state index in [9.17, 15) is 5.11 Å². The number of benzene rings is 2. The lowest BCUT2D eigenvalue weighted by atomic mass is 10.1. The number of hydrogen-bond donors (Lipinski definition) is 1. The van der Waals surface area contributed by atoms with Gasteiger partial charge in [0.05, 0.1) is 23.3 Å². The first-order chi connectivity index (χ1) is 9.83. The first kappa shape index (κ1) is 13.1. The normalized spacial score (nSPS) is 12.4. The van der Waals surface area contributed by atoms with Crippen molar-refractivity contribution in [2.75, 3.05) is 5.75 Å². The molecule has 0 spiro atoms. The molecule has 1 heterocycles. The minimum Gasteiger partial charge on any atom is -0.388 e. The van der Waals surface area contributed by atoms with E-state index in [-0.39, 0.29) is 0 Å². The van der Waals surface area contributed by atoms with Gasteiger partial charge in [0, 0.05) is 5.75 Å². The number of para-hydroxylation sites is 2. The molecule has 0 aliphatic carbocycles. The Balaban J connectivity index is 1.70. The number of rotatable bonds is 4. The molecule has 0 bridgehead atoms. The van der Waals surface area contributed by atoms with Crippen molar-refractivity contribution in [2.45, 2.75) is 11.1 Å². The third-order valence-corrected chi connectivity index (χ3v) is 3.97. The van der Waals surface area contributed by atoms with Gasteiger partial charge in [-0.15, -0.1) is 11.8 Å². The lowest BCUT2D eigenvalue weighted by Crippen LogP contribution is -2.00. The maximum Gasteiger partial charge on any atom is 0.115 e. The van der Waals surface area contributed by atoms with Gasteiger partial charge in [-0.1, -0.05) is 42.5 Å². The molecule has 1 atom stereocenters. The molecular formula is C16H14N2OS. The van der Waals surface area contributed by atoms with Crippen LogP contribution < -0.4 is 0 Å². The van der Waals surface area contributed by atoms with E-state index in [1.165, 1.54) is 11.8 Å². The van der Waals surface area contributed by atoms with Crippen LogP contribution >= 0.6 is 11.8 Å². The van der Waals surface area contributed by atoms with Gasteiger partial charge in [0.1, 0.15) is 5.03 Å². The molecule has 4 heteroatoms. The summed E-state index contributed by atoms with van der Waals surface area (Å²) in [5.41, 5.74) is 2.70. The average Bonchev–Trinajstić information content (AvgIpc) is 2.53. The highest BCUT2D eigenvalue weighted by molar-refractivity contribution is 7.99. The summed E-state index contributed by atoms with van der Waals surface area (Å²) in [6, 6.07) is 17.4. The molecule has 3 rings (SSSR count). The summed E-state index contributed by atoms with van der Waals surface area (Å²) in [5, 5.41) is 11.0. The van der Waals surface area contributed by atoms with Crippen molar-refractivity contribution in [1.29, 1.82) is 0 Å². The highest BCUT2D eigenvalue weighted by atomic mass is 32.2. The van der Waals surface area contributed by atoms with Crippen LogP contribution in [0.2, 0.25) is 0 Å². The van der Waals surface area contributed by atoms with E-state index in [4.69, 9.17) is 0 Å². The maximum absolute atomic E-state index is 10.1. The van der Waals surface area contributed by atoms with E-state index < -0.39 is 6.10 Å². The molecule has 100 valence electrons. The van der Waals surface area contributed by atoms with E-state index in [1.54, 1.807) is 6.20 Å². The van der Waals surface area contributed by atoms with Gasteiger partial charge in [0.15, 0.2) is 0 Å². The predicted octanol–water partition coefficient (Wildman–Crippen LogP) is 3.46. The fourth-order valence-electron chi connectivity index (χ4n) is 1.95. The zero-order valence-corrected chi connectivity index (χ0v) is 11.6. The summed E-state index contributed by atoms with van der Waals surface area (Å²) in [6.45, 7) is 0. The lowest BCUT2D eigenvalue weighted by molar-refractivity contribution is 0.204. The topological polar surface area (TPSA) is 46.0 Å². The van der Waals surface area contributed by atoms with Crippen molar-refractivity contribution >= 4 is 22.8 Å². The molecule has 0 saturated carbocycles. The number of fused-ring (bicyclic) bond motifs is 1. The second kappa shape index (κ2) is 6.03. The fourth-order valence-corrected chi connectivity index (χ4v) is 2.76. The van der Waals surface area contributed by atoms with Gasteiger partial charge in [-0.05, 0) is 17.7 Å². The van der Waals surface area contributed by atoms with E-state index in [2.05, 4.69) is 9.97 Å². The van der Waals surface area contributed by atoms with Crippen molar-refractivity contribution in [3.8, 4) is 0 Å². The SMILES string of the molecule is O[C@@H](CSc1cnc2ccccc2n1)c1ccccc1. The highest BCUT2D eigenvalue weighted by Gasteiger charge is 2.08. The number of aliphatic hydroxyl groups is 1. The van der Waals surface area contributed by atoms with Gasteiger partial charge in [0.25, 0.3) is 0 Å². The Morgan fingerprint density at radius 3 is 2.45 bits per heavy atom. The zero-order chi connectivity index (χ0) is 13.8. The maximum atomic E-state index is 10.1. The summed E-state index contributed by atoms with van der Waals surface area (Å²) in [6.07, 6.45) is 1.26. The van der Waals surface area contributed by atoms with Crippen LogP contribution in [-0.2, 0) is 0 Å². The van der Waals surface area contributed by atoms with Crippen molar-refractivity contribution in [2.24, 2.45) is 0 Å². The third-order valence-electron chi connectivity index (χ3n) is 3.00. The van der Waals surface area contributed by atoms with E-state index in [0.717, 1.165) is 21.6 Å². The molecule has 0 unspecified atom stereocenters. The summed E-state index contributed by atoms with van der Waals surface area (Å²) in [5.74, 6) is 0.567. The van der Waals surface area contributed by atoms with Crippen LogP contribution in [0.4, 0.5) is 0 Å². The van der Waals surface area contributed by atoms with Crippen LogP contribution in [0.25, 0.3) is 11.0 Å². The van der Waals surface area contributed by atoms with Gasteiger partial charge in [-0.25, -0.2) is 4.98 Å². The molecule has 1 aromatic heterocycles. The first-order valence-electron chi connectivity index (χ1n) is 6.40. The summed E-state index contributed by atoms with van der Waals surface area (Å²) in [4.78, 5) is 8.90. The molecule has 0 radical (unpaired) electrons. The number of aromatic nitrogens is 2. The van der Waals surface area contributed by atoms with Crippen molar-refractivity contribution in [3.63, 3.8) is 0 Å². The minimum absolute atomic E-state index is 0.491. The average molecular weight is 282 g/mol. The molecule has 20 heavy (non-hydrogen) atoms. The Morgan fingerprint density at radius 2 is 1.65 bits per heavy atom. The Kier molecular flexibility index (Phi) is 3.95. The van der Waals surface area contributed by atoms with Crippen LogP contribution in [0.1, 0.15) is 11.7 Å². The first-order valence-corrected chi connectivity index (χ1v) is 7.39. The van der Waals surface area contributed by atoms with Gasteiger partial charge < -0.3 is 5.11 Å². The summed E-state index contributed by atoms with van der Waals surface area (Å²) >= 11 is 1.51. The smallest absolute Gasteiger partial charge is 0.115 e. The Bertz CT molecular complexity index is 703. The number of nitrogens with zero attached hydrogens (tertiary/aromatic N) is 2. The van der Waals surface area contributed by atoms with Gasteiger partial charge in [0.2, 0.25) is 0 Å². The van der Waals surface area contributed by atoms with Crippen LogP contribution in [0.15, 0.2) is 65.8 Å². The third kappa shape index (κ3) is 2.98. The van der Waals surface area contributed by atoms with E-state index in [0.29, 0.717) is 5.75 Å². The fraction of sp³-hybridized carbons (Fsp3) is 0.125.